The van der Waals surface area contributed by atoms with Gasteiger partial charge < -0.3 is 0 Å². The molecule has 1 aliphatic rings. The van der Waals surface area contributed by atoms with E-state index in [2.05, 4.69) is 18.6 Å². The maximum atomic E-state index is 12.3. The van der Waals surface area contributed by atoms with Crippen LogP contribution in [0.5, 0.6) is 0 Å². The van der Waals surface area contributed by atoms with E-state index in [4.69, 9.17) is 11.6 Å². The van der Waals surface area contributed by atoms with Gasteiger partial charge in [0.2, 0.25) is 10.0 Å². The highest BCUT2D eigenvalue weighted by Gasteiger charge is 2.45. The van der Waals surface area contributed by atoms with Gasteiger partial charge in [0.25, 0.3) is 5.69 Å². The summed E-state index contributed by atoms with van der Waals surface area (Å²) in [6.45, 7) is 4.44. The standard InChI is InChI=1S/C13H17ClN2O4S/c1-9(2)13(5-6-13)8-15-21(19,20)12-7-10(16(17)18)3-4-11(12)14/h3-4,7,9,15H,5-6,8H2,1-2H3. The van der Waals surface area contributed by atoms with Crippen LogP contribution in [-0.4, -0.2) is 19.9 Å². The molecule has 0 spiro atoms. The molecule has 6 nitrogen and oxygen atoms in total. The first kappa shape index (κ1) is 16.2. The van der Waals surface area contributed by atoms with Crippen molar-refractivity contribution in [3.63, 3.8) is 0 Å². The molecule has 0 unspecified atom stereocenters. The van der Waals surface area contributed by atoms with Crippen molar-refractivity contribution in [1.82, 2.24) is 4.72 Å². The molecular formula is C13H17ClN2O4S. The predicted octanol–water partition coefficient (Wildman–Crippen LogP) is 2.96. The van der Waals surface area contributed by atoms with Gasteiger partial charge in [0, 0.05) is 18.7 Å². The lowest BCUT2D eigenvalue weighted by Gasteiger charge is -2.20. The zero-order chi connectivity index (χ0) is 15.8. The van der Waals surface area contributed by atoms with Gasteiger partial charge in [-0.25, -0.2) is 13.1 Å². The fourth-order valence-corrected chi connectivity index (χ4v) is 3.90. The lowest BCUT2D eigenvalue weighted by Crippen LogP contribution is -2.32. The van der Waals surface area contributed by atoms with Crippen LogP contribution >= 0.6 is 11.6 Å². The van der Waals surface area contributed by atoms with Gasteiger partial charge in [-0.3, -0.25) is 10.1 Å². The zero-order valence-electron chi connectivity index (χ0n) is 11.8. The molecule has 0 heterocycles. The van der Waals surface area contributed by atoms with Gasteiger partial charge in [-0.2, -0.15) is 0 Å². The number of nitrogens with zero attached hydrogens (tertiary/aromatic N) is 1. The molecule has 0 aromatic heterocycles. The topological polar surface area (TPSA) is 89.3 Å². The van der Waals surface area contributed by atoms with E-state index < -0.39 is 14.9 Å². The van der Waals surface area contributed by atoms with Crippen molar-refractivity contribution in [3.05, 3.63) is 33.3 Å². The van der Waals surface area contributed by atoms with E-state index in [1.807, 2.05) is 0 Å². The van der Waals surface area contributed by atoms with E-state index in [0.29, 0.717) is 12.5 Å². The number of hydrogen-bond donors (Lipinski definition) is 1. The van der Waals surface area contributed by atoms with E-state index >= 15 is 0 Å². The van der Waals surface area contributed by atoms with Crippen LogP contribution in [0, 0.1) is 21.4 Å². The Morgan fingerprint density at radius 2 is 2.05 bits per heavy atom. The molecule has 0 saturated heterocycles. The number of halogens is 1. The van der Waals surface area contributed by atoms with Crippen LogP contribution in [0.1, 0.15) is 26.7 Å². The number of benzene rings is 1. The minimum atomic E-state index is -3.86. The highest BCUT2D eigenvalue weighted by molar-refractivity contribution is 7.89. The van der Waals surface area contributed by atoms with Crippen LogP contribution in [-0.2, 0) is 10.0 Å². The first-order valence-electron chi connectivity index (χ1n) is 6.61. The van der Waals surface area contributed by atoms with Gasteiger partial charge in [-0.15, -0.1) is 0 Å². The maximum Gasteiger partial charge on any atom is 0.270 e. The lowest BCUT2D eigenvalue weighted by atomic mass is 9.93. The van der Waals surface area contributed by atoms with Crippen molar-refractivity contribution in [3.8, 4) is 0 Å². The monoisotopic (exact) mass is 332 g/mol. The summed E-state index contributed by atoms with van der Waals surface area (Å²) in [7, 11) is -3.86. The van der Waals surface area contributed by atoms with Crippen LogP contribution < -0.4 is 4.72 Å². The average molecular weight is 333 g/mol. The van der Waals surface area contributed by atoms with E-state index in [-0.39, 0.29) is 21.0 Å². The molecule has 21 heavy (non-hydrogen) atoms. The molecule has 1 aromatic rings. The average Bonchev–Trinajstić information content (AvgIpc) is 3.17. The number of sulfonamides is 1. The van der Waals surface area contributed by atoms with Gasteiger partial charge in [-0.05, 0) is 30.2 Å². The smallest absolute Gasteiger partial charge is 0.258 e. The molecule has 1 aliphatic carbocycles. The quantitative estimate of drug-likeness (QED) is 0.640. The Kier molecular flexibility index (Phi) is 4.28. The summed E-state index contributed by atoms with van der Waals surface area (Å²) >= 11 is 5.87. The summed E-state index contributed by atoms with van der Waals surface area (Å²) in [5, 5.41) is 10.7. The first-order valence-corrected chi connectivity index (χ1v) is 8.48. The van der Waals surface area contributed by atoms with E-state index in [1.54, 1.807) is 0 Å². The summed E-state index contributed by atoms with van der Waals surface area (Å²) in [5.74, 6) is 0.376. The number of rotatable bonds is 6. The van der Waals surface area contributed by atoms with Crippen LogP contribution in [0.15, 0.2) is 23.1 Å². The molecule has 2 rings (SSSR count). The maximum absolute atomic E-state index is 12.3. The SMILES string of the molecule is CC(C)C1(CNS(=O)(=O)c2cc([N+](=O)[O-])ccc2Cl)CC1. The Bertz CT molecular complexity index is 669. The fraction of sp³-hybridized carbons (Fsp3) is 0.538. The molecule has 1 fully saturated rings. The lowest BCUT2D eigenvalue weighted by molar-refractivity contribution is -0.385. The van der Waals surface area contributed by atoms with Crippen LogP contribution in [0.3, 0.4) is 0 Å². The summed E-state index contributed by atoms with van der Waals surface area (Å²) in [6.07, 6.45) is 1.96. The largest absolute Gasteiger partial charge is 0.270 e. The molecule has 1 N–H and O–H groups in total. The van der Waals surface area contributed by atoms with Gasteiger partial charge in [0.15, 0.2) is 0 Å². The number of hydrogen-bond acceptors (Lipinski definition) is 4. The van der Waals surface area contributed by atoms with Gasteiger partial charge in [0.1, 0.15) is 4.90 Å². The van der Waals surface area contributed by atoms with E-state index in [0.717, 1.165) is 18.9 Å². The second kappa shape index (κ2) is 5.55. The molecule has 0 amide bonds. The number of nitro benzene ring substituents is 1. The van der Waals surface area contributed by atoms with Crippen molar-refractivity contribution in [1.29, 1.82) is 0 Å². The number of nitro groups is 1. The van der Waals surface area contributed by atoms with Gasteiger partial charge in [-0.1, -0.05) is 25.4 Å². The second-order valence-corrected chi connectivity index (χ2v) is 7.86. The summed E-state index contributed by atoms with van der Waals surface area (Å²) in [6, 6.07) is 3.39. The summed E-state index contributed by atoms with van der Waals surface area (Å²) in [5.41, 5.74) is -0.301. The second-order valence-electron chi connectivity index (χ2n) is 5.71. The van der Waals surface area contributed by atoms with Gasteiger partial charge in [0.05, 0.1) is 9.95 Å². The minimum Gasteiger partial charge on any atom is -0.258 e. The van der Waals surface area contributed by atoms with Crippen molar-refractivity contribution in [2.75, 3.05) is 6.54 Å². The van der Waals surface area contributed by atoms with Crippen molar-refractivity contribution >= 4 is 27.3 Å². The molecular weight excluding hydrogens is 316 g/mol. The van der Waals surface area contributed by atoms with Crippen molar-refractivity contribution in [2.45, 2.75) is 31.6 Å². The summed E-state index contributed by atoms with van der Waals surface area (Å²) < 4.78 is 27.1. The first-order chi connectivity index (χ1) is 9.68. The third-order valence-electron chi connectivity index (χ3n) is 4.15. The fourth-order valence-electron chi connectivity index (χ4n) is 2.25. The van der Waals surface area contributed by atoms with Gasteiger partial charge >= 0.3 is 0 Å². The molecule has 1 aromatic carbocycles. The van der Waals surface area contributed by atoms with Crippen molar-refractivity contribution in [2.24, 2.45) is 11.3 Å². The normalized spacial score (nSPS) is 17.0. The highest BCUT2D eigenvalue weighted by atomic mass is 35.5. The predicted molar refractivity (Wildman–Crippen MR) is 79.8 cm³/mol. The number of nitrogens with one attached hydrogen (secondary N) is 1. The molecule has 0 aliphatic heterocycles. The third-order valence-corrected chi connectivity index (χ3v) is 6.03. The summed E-state index contributed by atoms with van der Waals surface area (Å²) in [4.78, 5) is 9.86. The Hall–Kier alpha value is -1.18. The van der Waals surface area contributed by atoms with E-state index in [1.165, 1.54) is 12.1 Å². The Labute approximate surface area is 128 Å². The molecule has 8 heteroatoms. The Morgan fingerprint density at radius 3 is 2.52 bits per heavy atom. The highest BCUT2D eigenvalue weighted by Crippen LogP contribution is 2.51. The molecule has 1 saturated carbocycles. The molecule has 0 atom stereocenters. The molecule has 116 valence electrons. The minimum absolute atomic E-state index is 0.000258. The molecule has 0 radical (unpaired) electrons. The third kappa shape index (κ3) is 3.36. The number of non-ortho nitro benzene ring substituents is 1. The van der Waals surface area contributed by atoms with Crippen LogP contribution in [0.2, 0.25) is 5.02 Å². The Morgan fingerprint density at radius 1 is 1.43 bits per heavy atom. The Balaban J connectivity index is 2.24. The van der Waals surface area contributed by atoms with E-state index in [9.17, 15) is 18.5 Å². The van der Waals surface area contributed by atoms with Crippen molar-refractivity contribution < 1.29 is 13.3 Å². The van der Waals surface area contributed by atoms with Crippen LogP contribution in [0.4, 0.5) is 5.69 Å². The molecule has 0 bridgehead atoms. The zero-order valence-corrected chi connectivity index (χ0v) is 13.4. The van der Waals surface area contributed by atoms with Crippen LogP contribution in [0.25, 0.3) is 0 Å².